The molecule has 0 aliphatic rings. The van der Waals surface area contributed by atoms with Gasteiger partial charge in [0.05, 0.1) is 10.9 Å². The molecule has 0 radical (unpaired) electrons. The highest BCUT2D eigenvalue weighted by molar-refractivity contribution is 5.92. The van der Waals surface area contributed by atoms with E-state index in [-0.39, 0.29) is 17.9 Å². The summed E-state index contributed by atoms with van der Waals surface area (Å²) in [5.74, 6) is 0.745. The molecule has 4 rings (SSSR count). The molecule has 156 valence electrons. The van der Waals surface area contributed by atoms with Crippen LogP contribution in [0.25, 0.3) is 22.1 Å². The summed E-state index contributed by atoms with van der Waals surface area (Å²) in [5.41, 5.74) is 3.55. The number of rotatable bonds is 6. The molecule has 1 N–H and O–H groups in total. The van der Waals surface area contributed by atoms with E-state index >= 15 is 0 Å². The molecule has 0 saturated carbocycles. The van der Waals surface area contributed by atoms with Crippen LogP contribution in [-0.4, -0.2) is 12.5 Å². The summed E-state index contributed by atoms with van der Waals surface area (Å²) >= 11 is 0. The number of nitrogens with one attached hydrogen (secondary N) is 1. The zero-order chi connectivity index (χ0) is 21.8. The molecule has 1 aromatic heterocycles. The average Bonchev–Trinajstić information content (AvgIpc) is 2.78. The molecule has 0 fully saturated rings. The molecule has 0 unspecified atom stereocenters. The molecule has 5 heteroatoms. The molecule has 3 aromatic carbocycles. The summed E-state index contributed by atoms with van der Waals surface area (Å²) in [6, 6.07) is 22.1. The summed E-state index contributed by atoms with van der Waals surface area (Å²) in [6.45, 7) is 3.67. The minimum Gasteiger partial charge on any atom is -0.484 e. The van der Waals surface area contributed by atoms with Crippen LogP contribution in [-0.2, 0) is 11.2 Å². The van der Waals surface area contributed by atoms with E-state index in [0.717, 1.165) is 23.2 Å². The molecule has 5 nitrogen and oxygen atoms in total. The number of para-hydroxylation sites is 1. The smallest absolute Gasteiger partial charge is 0.262 e. The SMILES string of the molecule is CCc1ccccc1NC(=O)COc1ccc2c(=O)c(-c3ccccc3)c(C)oc2c1. The molecule has 0 aliphatic carbocycles. The fourth-order valence-electron chi connectivity index (χ4n) is 3.60. The Morgan fingerprint density at radius 2 is 1.74 bits per heavy atom. The topological polar surface area (TPSA) is 68.5 Å². The molecule has 1 heterocycles. The molecule has 4 aromatic rings. The first-order valence-electron chi connectivity index (χ1n) is 10.2. The van der Waals surface area contributed by atoms with Crippen molar-refractivity contribution in [2.45, 2.75) is 20.3 Å². The Morgan fingerprint density at radius 3 is 2.52 bits per heavy atom. The third kappa shape index (κ3) is 4.36. The molecular weight excluding hydrogens is 390 g/mol. The number of hydrogen-bond acceptors (Lipinski definition) is 4. The van der Waals surface area contributed by atoms with Crippen LogP contribution in [0.4, 0.5) is 5.69 Å². The Hall–Kier alpha value is -3.86. The summed E-state index contributed by atoms with van der Waals surface area (Å²) in [7, 11) is 0. The number of aryl methyl sites for hydroxylation is 2. The lowest BCUT2D eigenvalue weighted by Gasteiger charge is -2.11. The Morgan fingerprint density at radius 1 is 1.00 bits per heavy atom. The average molecular weight is 413 g/mol. The van der Waals surface area contributed by atoms with Crippen molar-refractivity contribution in [1.82, 2.24) is 0 Å². The van der Waals surface area contributed by atoms with Gasteiger partial charge in [0, 0.05) is 11.8 Å². The first kappa shape index (κ1) is 20.4. The Kier molecular flexibility index (Phi) is 5.85. The van der Waals surface area contributed by atoms with Crippen molar-refractivity contribution in [2.24, 2.45) is 0 Å². The van der Waals surface area contributed by atoms with Crippen LogP contribution >= 0.6 is 0 Å². The van der Waals surface area contributed by atoms with Crippen LogP contribution in [0, 0.1) is 6.92 Å². The summed E-state index contributed by atoms with van der Waals surface area (Å²) in [5, 5.41) is 3.35. The minimum absolute atomic E-state index is 0.0922. The van der Waals surface area contributed by atoms with E-state index in [1.807, 2.05) is 61.5 Å². The highest BCUT2D eigenvalue weighted by Gasteiger charge is 2.14. The van der Waals surface area contributed by atoms with Gasteiger partial charge in [0.25, 0.3) is 5.91 Å². The van der Waals surface area contributed by atoms with E-state index in [0.29, 0.717) is 28.0 Å². The lowest BCUT2D eigenvalue weighted by atomic mass is 10.0. The van der Waals surface area contributed by atoms with Gasteiger partial charge in [0.15, 0.2) is 6.61 Å². The molecule has 0 aliphatic heterocycles. The van der Waals surface area contributed by atoms with Gasteiger partial charge in [-0.1, -0.05) is 55.5 Å². The molecule has 0 bridgehead atoms. The number of amides is 1. The van der Waals surface area contributed by atoms with Crippen molar-refractivity contribution in [3.8, 4) is 16.9 Å². The van der Waals surface area contributed by atoms with E-state index in [2.05, 4.69) is 5.32 Å². The number of carbonyl (C=O) groups is 1. The lowest BCUT2D eigenvalue weighted by Crippen LogP contribution is -2.20. The summed E-state index contributed by atoms with van der Waals surface area (Å²) in [4.78, 5) is 25.3. The second-order valence-corrected chi connectivity index (χ2v) is 7.23. The normalized spacial score (nSPS) is 10.8. The Labute approximate surface area is 180 Å². The van der Waals surface area contributed by atoms with Crippen LogP contribution in [0.5, 0.6) is 5.75 Å². The highest BCUT2D eigenvalue weighted by atomic mass is 16.5. The number of ether oxygens (including phenoxy) is 1. The Bertz CT molecular complexity index is 1290. The van der Waals surface area contributed by atoms with Gasteiger partial charge in [-0.05, 0) is 42.7 Å². The van der Waals surface area contributed by atoms with Crippen molar-refractivity contribution < 1.29 is 13.9 Å². The lowest BCUT2D eigenvalue weighted by molar-refractivity contribution is -0.118. The van der Waals surface area contributed by atoms with Crippen LogP contribution < -0.4 is 15.5 Å². The van der Waals surface area contributed by atoms with Crippen LogP contribution in [0.3, 0.4) is 0 Å². The van der Waals surface area contributed by atoms with Crippen molar-refractivity contribution >= 4 is 22.6 Å². The summed E-state index contributed by atoms with van der Waals surface area (Å²) < 4.78 is 11.6. The van der Waals surface area contributed by atoms with Crippen LogP contribution in [0.1, 0.15) is 18.2 Å². The van der Waals surface area contributed by atoms with Crippen molar-refractivity contribution in [3.63, 3.8) is 0 Å². The van der Waals surface area contributed by atoms with Gasteiger partial charge in [0.1, 0.15) is 17.1 Å². The van der Waals surface area contributed by atoms with E-state index in [1.165, 1.54) is 0 Å². The molecule has 0 spiro atoms. The van der Waals surface area contributed by atoms with E-state index < -0.39 is 0 Å². The molecular formula is C26H23NO4. The number of hydrogen-bond donors (Lipinski definition) is 1. The first-order valence-corrected chi connectivity index (χ1v) is 10.2. The number of benzene rings is 3. The maximum absolute atomic E-state index is 13.0. The summed E-state index contributed by atoms with van der Waals surface area (Å²) in [6.07, 6.45) is 0.825. The quantitative estimate of drug-likeness (QED) is 0.463. The van der Waals surface area contributed by atoms with Crippen molar-refractivity contribution in [3.05, 3.63) is 94.3 Å². The Balaban J connectivity index is 1.53. The number of anilines is 1. The standard InChI is InChI=1S/C26H23NO4/c1-3-18-9-7-8-12-22(18)27-24(28)16-30-20-13-14-21-23(15-20)31-17(2)25(26(21)29)19-10-5-4-6-11-19/h4-15H,3,16H2,1-2H3,(H,27,28). The fourth-order valence-corrected chi connectivity index (χ4v) is 3.60. The third-order valence-electron chi connectivity index (χ3n) is 5.14. The minimum atomic E-state index is -0.252. The van der Waals surface area contributed by atoms with E-state index in [9.17, 15) is 9.59 Å². The monoisotopic (exact) mass is 413 g/mol. The van der Waals surface area contributed by atoms with Crippen molar-refractivity contribution in [1.29, 1.82) is 0 Å². The van der Waals surface area contributed by atoms with Crippen LogP contribution in [0.2, 0.25) is 0 Å². The zero-order valence-electron chi connectivity index (χ0n) is 17.5. The highest BCUT2D eigenvalue weighted by Crippen LogP contribution is 2.26. The van der Waals surface area contributed by atoms with Gasteiger partial charge in [-0.2, -0.15) is 0 Å². The molecule has 31 heavy (non-hydrogen) atoms. The fraction of sp³-hybridized carbons (Fsp3) is 0.154. The predicted octanol–water partition coefficient (Wildman–Crippen LogP) is 5.35. The van der Waals surface area contributed by atoms with Gasteiger partial charge >= 0.3 is 0 Å². The molecule has 0 atom stereocenters. The third-order valence-corrected chi connectivity index (χ3v) is 5.14. The maximum atomic E-state index is 13.0. The van der Waals surface area contributed by atoms with Gasteiger partial charge in [-0.25, -0.2) is 0 Å². The van der Waals surface area contributed by atoms with Gasteiger partial charge in [-0.15, -0.1) is 0 Å². The van der Waals surface area contributed by atoms with E-state index in [1.54, 1.807) is 25.1 Å². The zero-order valence-corrected chi connectivity index (χ0v) is 17.5. The largest absolute Gasteiger partial charge is 0.484 e. The van der Waals surface area contributed by atoms with E-state index in [4.69, 9.17) is 9.15 Å². The molecule has 1 amide bonds. The maximum Gasteiger partial charge on any atom is 0.262 e. The second-order valence-electron chi connectivity index (χ2n) is 7.23. The second kappa shape index (κ2) is 8.88. The van der Waals surface area contributed by atoms with Crippen molar-refractivity contribution in [2.75, 3.05) is 11.9 Å². The van der Waals surface area contributed by atoms with Gasteiger partial charge in [0.2, 0.25) is 5.43 Å². The molecule has 0 saturated heterocycles. The van der Waals surface area contributed by atoms with Gasteiger partial charge in [-0.3, -0.25) is 9.59 Å². The number of fused-ring (bicyclic) bond motifs is 1. The number of carbonyl (C=O) groups excluding carboxylic acids is 1. The van der Waals surface area contributed by atoms with Crippen LogP contribution in [0.15, 0.2) is 82.0 Å². The van der Waals surface area contributed by atoms with Gasteiger partial charge < -0.3 is 14.5 Å². The predicted molar refractivity (Wildman–Crippen MR) is 123 cm³/mol. The first-order chi connectivity index (χ1) is 15.1.